The lowest BCUT2D eigenvalue weighted by molar-refractivity contribution is 0.168. The average molecular weight is 369 g/mol. The highest BCUT2D eigenvalue weighted by molar-refractivity contribution is 9.10. The summed E-state index contributed by atoms with van der Waals surface area (Å²) in [4.78, 5) is 17.2. The van der Waals surface area contributed by atoms with E-state index in [1.54, 1.807) is 13.0 Å². The zero-order valence-electron chi connectivity index (χ0n) is 12.0. The minimum atomic E-state index is -0.613. The second-order valence-electron chi connectivity index (χ2n) is 5.07. The Bertz CT molecular complexity index is 740. The Balaban J connectivity index is 2.61. The normalized spacial score (nSPS) is 12.6. The highest BCUT2D eigenvalue weighted by atomic mass is 79.9. The van der Waals surface area contributed by atoms with E-state index in [4.69, 9.17) is 0 Å². The molecule has 0 bridgehead atoms. The van der Waals surface area contributed by atoms with Gasteiger partial charge in [0.2, 0.25) is 0 Å². The SMILES string of the molecule is C=C(C)CSc1nc2ccc(Br)cc2c(=O)n1C[C@H](C)O. The molecule has 0 saturated heterocycles. The van der Waals surface area contributed by atoms with E-state index in [-0.39, 0.29) is 12.1 Å². The second-order valence-corrected chi connectivity index (χ2v) is 6.92. The van der Waals surface area contributed by atoms with E-state index in [9.17, 15) is 9.90 Å². The lowest BCUT2D eigenvalue weighted by atomic mass is 10.2. The van der Waals surface area contributed by atoms with Crippen molar-refractivity contribution in [3.05, 3.63) is 45.2 Å². The third kappa shape index (κ3) is 3.96. The van der Waals surface area contributed by atoms with Gasteiger partial charge in [0.05, 0.1) is 23.6 Å². The third-order valence-corrected chi connectivity index (χ3v) is 4.48. The smallest absolute Gasteiger partial charge is 0.262 e. The maximum Gasteiger partial charge on any atom is 0.262 e. The Kier molecular flexibility index (Phi) is 5.24. The molecular formula is C15H17BrN2O2S. The van der Waals surface area contributed by atoms with E-state index in [0.29, 0.717) is 21.8 Å². The number of aliphatic hydroxyl groups excluding tert-OH is 1. The maximum absolute atomic E-state index is 12.6. The molecule has 1 heterocycles. The van der Waals surface area contributed by atoms with Crippen LogP contribution in [0.5, 0.6) is 0 Å². The predicted molar refractivity (Wildman–Crippen MR) is 90.9 cm³/mol. The van der Waals surface area contributed by atoms with Gasteiger partial charge in [0.15, 0.2) is 5.16 Å². The summed E-state index contributed by atoms with van der Waals surface area (Å²) in [6, 6.07) is 5.44. The molecule has 4 nitrogen and oxygen atoms in total. The van der Waals surface area contributed by atoms with E-state index in [1.807, 2.05) is 19.1 Å². The number of aromatic nitrogens is 2. The van der Waals surface area contributed by atoms with Crippen LogP contribution in [0.2, 0.25) is 0 Å². The number of benzene rings is 1. The highest BCUT2D eigenvalue weighted by Crippen LogP contribution is 2.21. The van der Waals surface area contributed by atoms with Gasteiger partial charge in [-0.15, -0.1) is 0 Å². The fraction of sp³-hybridized carbons (Fsp3) is 0.333. The van der Waals surface area contributed by atoms with Crippen molar-refractivity contribution in [1.29, 1.82) is 0 Å². The van der Waals surface area contributed by atoms with Crippen LogP contribution in [0.4, 0.5) is 0 Å². The molecule has 0 aliphatic carbocycles. The molecule has 21 heavy (non-hydrogen) atoms. The quantitative estimate of drug-likeness (QED) is 0.500. The molecule has 1 atom stereocenters. The van der Waals surface area contributed by atoms with E-state index < -0.39 is 6.10 Å². The van der Waals surface area contributed by atoms with Gasteiger partial charge in [-0.05, 0) is 32.0 Å². The van der Waals surface area contributed by atoms with Gasteiger partial charge < -0.3 is 5.11 Å². The lowest BCUT2D eigenvalue weighted by Gasteiger charge is -2.14. The van der Waals surface area contributed by atoms with Crippen LogP contribution in [-0.4, -0.2) is 26.5 Å². The number of hydrogen-bond acceptors (Lipinski definition) is 4. The summed E-state index contributed by atoms with van der Waals surface area (Å²) in [5.74, 6) is 0.689. The van der Waals surface area contributed by atoms with Crippen molar-refractivity contribution < 1.29 is 5.11 Å². The molecule has 2 aromatic rings. The summed E-state index contributed by atoms with van der Waals surface area (Å²) in [6.07, 6.45) is -0.613. The fourth-order valence-corrected chi connectivity index (χ4v) is 3.11. The summed E-state index contributed by atoms with van der Waals surface area (Å²) in [6.45, 7) is 7.68. The van der Waals surface area contributed by atoms with Crippen LogP contribution in [0.15, 0.2) is 44.8 Å². The van der Waals surface area contributed by atoms with E-state index in [2.05, 4.69) is 27.5 Å². The van der Waals surface area contributed by atoms with Crippen molar-refractivity contribution in [3.8, 4) is 0 Å². The zero-order chi connectivity index (χ0) is 15.6. The molecule has 0 unspecified atom stereocenters. The first kappa shape index (κ1) is 16.3. The molecule has 0 radical (unpaired) electrons. The molecule has 1 N–H and O–H groups in total. The Morgan fingerprint density at radius 2 is 2.29 bits per heavy atom. The van der Waals surface area contributed by atoms with Gasteiger partial charge in [-0.25, -0.2) is 4.98 Å². The first-order valence-electron chi connectivity index (χ1n) is 6.54. The van der Waals surface area contributed by atoms with Crippen LogP contribution < -0.4 is 5.56 Å². The van der Waals surface area contributed by atoms with Crippen molar-refractivity contribution in [3.63, 3.8) is 0 Å². The largest absolute Gasteiger partial charge is 0.392 e. The number of aliphatic hydroxyl groups is 1. The Morgan fingerprint density at radius 1 is 1.57 bits per heavy atom. The van der Waals surface area contributed by atoms with Crippen LogP contribution >= 0.6 is 27.7 Å². The van der Waals surface area contributed by atoms with Crippen LogP contribution in [-0.2, 0) is 6.54 Å². The van der Waals surface area contributed by atoms with Gasteiger partial charge in [-0.3, -0.25) is 9.36 Å². The van der Waals surface area contributed by atoms with Gasteiger partial charge in [0.25, 0.3) is 5.56 Å². The van der Waals surface area contributed by atoms with E-state index in [0.717, 1.165) is 10.0 Å². The zero-order valence-corrected chi connectivity index (χ0v) is 14.4. The summed E-state index contributed by atoms with van der Waals surface area (Å²) in [7, 11) is 0. The van der Waals surface area contributed by atoms with Gasteiger partial charge in [-0.2, -0.15) is 0 Å². The molecule has 0 aliphatic rings. The van der Waals surface area contributed by atoms with Crippen LogP contribution in [0, 0.1) is 0 Å². The Labute approximate surface area is 136 Å². The Hall–Kier alpha value is -1.11. The summed E-state index contributed by atoms with van der Waals surface area (Å²) in [5, 5.41) is 10.8. The molecule has 0 fully saturated rings. The van der Waals surface area contributed by atoms with Crippen molar-refractivity contribution >= 4 is 38.6 Å². The number of nitrogens with zero attached hydrogens (tertiary/aromatic N) is 2. The van der Waals surface area contributed by atoms with Crippen LogP contribution in [0.1, 0.15) is 13.8 Å². The topological polar surface area (TPSA) is 55.1 Å². The molecule has 112 valence electrons. The maximum atomic E-state index is 12.6. The number of halogens is 1. The van der Waals surface area contributed by atoms with Crippen molar-refractivity contribution in [2.24, 2.45) is 0 Å². The Morgan fingerprint density at radius 3 is 2.90 bits per heavy atom. The first-order chi connectivity index (χ1) is 9.88. The minimum Gasteiger partial charge on any atom is -0.392 e. The molecule has 2 rings (SSSR count). The van der Waals surface area contributed by atoms with E-state index in [1.165, 1.54) is 16.3 Å². The highest BCUT2D eigenvalue weighted by Gasteiger charge is 2.13. The summed E-state index contributed by atoms with van der Waals surface area (Å²) >= 11 is 4.83. The molecule has 0 saturated carbocycles. The predicted octanol–water partition coefficient (Wildman–Crippen LogP) is 3.21. The number of thioether (sulfide) groups is 1. The summed E-state index contributed by atoms with van der Waals surface area (Å²) in [5.41, 5.74) is 1.54. The molecule has 1 aromatic heterocycles. The van der Waals surface area contributed by atoms with Crippen LogP contribution in [0.3, 0.4) is 0 Å². The summed E-state index contributed by atoms with van der Waals surface area (Å²) < 4.78 is 2.37. The molecule has 1 aromatic carbocycles. The van der Waals surface area contributed by atoms with Gasteiger partial charge >= 0.3 is 0 Å². The molecule has 0 spiro atoms. The monoisotopic (exact) mass is 368 g/mol. The van der Waals surface area contributed by atoms with Crippen molar-refractivity contribution in [1.82, 2.24) is 9.55 Å². The van der Waals surface area contributed by atoms with Gasteiger partial charge in [-0.1, -0.05) is 39.8 Å². The first-order valence-corrected chi connectivity index (χ1v) is 8.31. The number of hydrogen-bond donors (Lipinski definition) is 1. The average Bonchev–Trinajstić information content (AvgIpc) is 2.40. The lowest BCUT2D eigenvalue weighted by Crippen LogP contribution is -2.28. The minimum absolute atomic E-state index is 0.133. The standard InChI is InChI=1S/C15H17BrN2O2S/c1-9(2)8-21-15-17-13-5-4-11(16)6-12(13)14(20)18(15)7-10(3)19/h4-6,10,19H,1,7-8H2,2-3H3/t10-/m0/s1. The second kappa shape index (κ2) is 6.77. The van der Waals surface area contributed by atoms with Gasteiger partial charge in [0, 0.05) is 10.2 Å². The van der Waals surface area contributed by atoms with Gasteiger partial charge in [0.1, 0.15) is 0 Å². The van der Waals surface area contributed by atoms with Crippen LogP contribution in [0.25, 0.3) is 10.9 Å². The third-order valence-electron chi connectivity index (χ3n) is 2.78. The molecule has 0 amide bonds. The number of fused-ring (bicyclic) bond motifs is 1. The molecule has 0 aliphatic heterocycles. The van der Waals surface area contributed by atoms with E-state index >= 15 is 0 Å². The number of rotatable bonds is 5. The van der Waals surface area contributed by atoms with Crippen molar-refractivity contribution in [2.45, 2.75) is 31.7 Å². The molecular weight excluding hydrogens is 352 g/mol. The molecule has 6 heteroatoms. The van der Waals surface area contributed by atoms with Crippen molar-refractivity contribution in [2.75, 3.05) is 5.75 Å². The fourth-order valence-electron chi connectivity index (χ4n) is 1.90.